The Bertz CT molecular complexity index is 776. The Balaban J connectivity index is 2.01. The van der Waals surface area contributed by atoms with Crippen LogP contribution in [0.2, 0.25) is 5.02 Å². The van der Waals surface area contributed by atoms with Gasteiger partial charge in [-0.3, -0.25) is 4.79 Å². The first-order valence-electron chi connectivity index (χ1n) is 6.79. The molecule has 2 aromatic rings. The van der Waals surface area contributed by atoms with E-state index in [-0.39, 0.29) is 16.7 Å². The quantitative estimate of drug-likeness (QED) is 0.783. The van der Waals surface area contributed by atoms with Gasteiger partial charge in [0.05, 0.1) is 6.54 Å². The second-order valence-corrected chi connectivity index (χ2v) is 8.73. The Hall–Kier alpha value is -1.41. The number of carbonyl (C=O) groups excluding carboxylic acids is 1. The molecule has 0 aliphatic rings. The first-order chi connectivity index (χ1) is 10.8. The molecule has 0 aliphatic carbocycles. The maximum atomic E-state index is 12.3. The van der Waals surface area contributed by atoms with Gasteiger partial charge in [-0.1, -0.05) is 29.8 Å². The van der Waals surface area contributed by atoms with Crippen LogP contribution in [0.1, 0.15) is 5.56 Å². The molecule has 0 fully saturated rings. The fourth-order valence-electron chi connectivity index (χ4n) is 1.96. The van der Waals surface area contributed by atoms with E-state index in [4.69, 9.17) is 11.6 Å². The Morgan fingerprint density at radius 2 is 1.96 bits per heavy atom. The van der Waals surface area contributed by atoms with Crippen molar-refractivity contribution in [3.8, 4) is 0 Å². The van der Waals surface area contributed by atoms with Crippen LogP contribution in [0.4, 0.5) is 0 Å². The van der Waals surface area contributed by atoms with Crippen molar-refractivity contribution in [2.24, 2.45) is 0 Å². The van der Waals surface area contributed by atoms with Crippen LogP contribution < -0.4 is 0 Å². The van der Waals surface area contributed by atoms with Crippen molar-refractivity contribution >= 4 is 38.9 Å². The second kappa shape index (κ2) is 7.44. The molecule has 0 radical (unpaired) electrons. The number of amides is 1. The van der Waals surface area contributed by atoms with Crippen molar-refractivity contribution in [3.05, 3.63) is 52.4 Å². The zero-order valence-electron chi connectivity index (χ0n) is 12.8. The highest BCUT2D eigenvalue weighted by atomic mass is 35.5. The van der Waals surface area contributed by atoms with Crippen molar-refractivity contribution in [1.29, 1.82) is 0 Å². The third kappa shape index (κ3) is 4.54. The summed E-state index contributed by atoms with van der Waals surface area (Å²) in [6.45, 7) is 0.156. The molecule has 1 aromatic heterocycles. The van der Waals surface area contributed by atoms with Gasteiger partial charge in [-0.25, -0.2) is 8.42 Å². The number of sulfonamides is 1. The van der Waals surface area contributed by atoms with Crippen molar-refractivity contribution < 1.29 is 13.2 Å². The summed E-state index contributed by atoms with van der Waals surface area (Å²) in [5.74, 6) is -0.285. The highest BCUT2D eigenvalue weighted by Gasteiger charge is 2.25. The SMILES string of the molecule is CN(Cc1cccc(Cl)c1)C(=O)CN(C)S(=O)(=O)c1cccs1. The molecular formula is C15H17ClN2O3S2. The van der Waals surface area contributed by atoms with Crippen LogP contribution in [0.25, 0.3) is 0 Å². The molecule has 0 N–H and O–H groups in total. The molecule has 1 amide bonds. The highest BCUT2D eigenvalue weighted by Crippen LogP contribution is 2.20. The fraction of sp³-hybridized carbons (Fsp3) is 0.267. The van der Waals surface area contributed by atoms with Gasteiger partial charge in [0.15, 0.2) is 0 Å². The van der Waals surface area contributed by atoms with Crippen LogP contribution in [-0.4, -0.2) is 44.2 Å². The van der Waals surface area contributed by atoms with E-state index in [0.717, 1.165) is 21.2 Å². The predicted molar refractivity (Wildman–Crippen MR) is 92.1 cm³/mol. The first kappa shape index (κ1) is 17.9. The monoisotopic (exact) mass is 372 g/mol. The van der Waals surface area contributed by atoms with Gasteiger partial charge in [-0.2, -0.15) is 4.31 Å². The summed E-state index contributed by atoms with van der Waals surface area (Å²) in [6, 6.07) is 10.4. The van der Waals surface area contributed by atoms with Gasteiger partial charge in [0.2, 0.25) is 5.91 Å². The zero-order chi connectivity index (χ0) is 17.0. The summed E-state index contributed by atoms with van der Waals surface area (Å²) in [6.07, 6.45) is 0. The molecule has 0 atom stereocenters. The highest BCUT2D eigenvalue weighted by molar-refractivity contribution is 7.91. The summed E-state index contributed by atoms with van der Waals surface area (Å²) in [5.41, 5.74) is 0.886. The molecule has 0 saturated carbocycles. The van der Waals surface area contributed by atoms with Crippen LogP contribution in [0, 0.1) is 0 Å². The van der Waals surface area contributed by atoms with Gasteiger partial charge in [-0.15, -0.1) is 11.3 Å². The zero-order valence-corrected chi connectivity index (χ0v) is 15.2. The van der Waals surface area contributed by atoms with Crippen molar-refractivity contribution in [1.82, 2.24) is 9.21 Å². The average molecular weight is 373 g/mol. The smallest absolute Gasteiger partial charge is 0.252 e. The summed E-state index contributed by atoms with van der Waals surface area (Å²) in [4.78, 5) is 13.7. The van der Waals surface area contributed by atoms with Gasteiger partial charge in [0, 0.05) is 25.7 Å². The number of benzene rings is 1. The molecule has 124 valence electrons. The minimum absolute atomic E-state index is 0.211. The number of halogens is 1. The van der Waals surface area contributed by atoms with E-state index in [1.165, 1.54) is 18.0 Å². The van der Waals surface area contributed by atoms with Crippen LogP contribution in [0.5, 0.6) is 0 Å². The molecule has 1 heterocycles. The normalized spacial score (nSPS) is 11.7. The van der Waals surface area contributed by atoms with Crippen LogP contribution in [0.15, 0.2) is 46.0 Å². The lowest BCUT2D eigenvalue weighted by molar-refractivity contribution is -0.130. The van der Waals surface area contributed by atoms with Gasteiger partial charge >= 0.3 is 0 Å². The van der Waals surface area contributed by atoms with E-state index in [2.05, 4.69) is 0 Å². The third-order valence-corrected chi connectivity index (χ3v) is 6.66. The van der Waals surface area contributed by atoms with Gasteiger partial charge < -0.3 is 4.90 Å². The van der Waals surface area contributed by atoms with Crippen LogP contribution in [0.3, 0.4) is 0 Å². The van der Waals surface area contributed by atoms with E-state index in [1.807, 2.05) is 12.1 Å². The average Bonchev–Trinajstić information content (AvgIpc) is 3.01. The Morgan fingerprint density at radius 3 is 2.57 bits per heavy atom. The fourth-order valence-corrected chi connectivity index (χ4v) is 4.49. The minimum atomic E-state index is -3.62. The summed E-state index contributed by atoms with van der Waals surface area (Å²) < 4.78 is 25.9. The molecule has 0 unspecified atom stereocenters. The second-order valence-electron chi connectivity index (χ2n) is 5.07. The Labute approximate surface area is 145 Å². The van der Waals surface area contributed by atoms with Crippen molar-refractivity contribution in [3.63, 3.8) is 0 Å². The standard InChI is InChI=1S/C15H17ClN2O3S2/c1-17(10-12-5-3-6-13(16)9-12)14(19)11-18(2)23(20,21)15-7-4-8-22-15/h3-9H,10-11H2,1-2H3. The molecule has 0 saturated heterocycles. The lowest BCUT2D eigenvalue weighted by Crippen LogP contribution is -2.38. The van der Waals surface area contributed by atoms with Crippen LogP contribution in [-0.2, 0) is 21.4 Å². The molecule has 0 spiro atoms. The Morgan fingerprint density at radius 1 is 1.22 bits per heavy atom. The number of rotatable bonds is 6. The van der Waals surface area contributed by atoms with E-state index >= 15 is 0 Å². The molecule has 0 bridgehead atoms. The van der Waals surface area contributed by atoms with Crippen molar-refractivity contribution in [2.75, 3.05) is 20.6 Å². The molecule has 0 aliphatic heterocycles. The number of carbonyl (C=O) groups is 1. The molecular weight excluding hydrogens is 356 g/mol. The van der Waals surface area contributed by atoms with E-state index < -0.39 is 10.0 Å². The van der Waals surface area contributed by atoms with Crippen molar-refractivity contribution in [2.45, 2.75) is 10.8 Å². The van der Waals surface area contributed by atoms with Crippen LogP contribution >= 0.6 is 22.9 Å². The number of likely N-dealkylation sites (N-methyl/N-ethyl adjacent to an activating group) is 2. The number of hydrogen-bond acceptors (Lipinski definition) is 4. The summed E-state index contributed by atoms with van der Waals surface area (Å²) in [5, 5.41) is 2.29. The number of nitrogens with zero attached hydrogens (tertiary/aromatic N) is 2. The van der Waals surface area contributed by atoms with E-state index in [1.54, 1.807) is 30.6 Å². The third-order valence-electron chi connectivity index (χ3n) is 3.25. The molecule has 1 aromatic carbocycles. The minimum Gasteiger partial charge on any atom is -0.340 e. The maximum absolute atomic E-state index is 12.3. The van der Waals surface area contributed by atoms with E-state index in [0.29, 0.717) is 11.6 Å². The lowest BCUT2D eigenvalue weighted by atomic mass is 10.2. The summed E-state index contributed by atoms with van der Waals surface area (Å²) >= 11 is 7.05. The van der Waals surface area contributed by atoms with E-state index in [9.17, 15) is 13.2 Å². The maximum Gasteiger partial charge on any atom is 0.252 e. The molecule has 8 heteroatoms. The molecule has 5 nitrogen and oxygen atoms in total. The summed E-state index contributed by atoms with van der Waals surface area (Å²) in [7, 11) is -0.584. The van der Waals surface area contributed by atoms with Gasteiger partial charge in [0.25, 0.3) is 10.0 Å². The number of hydrogen-bond donors (Lipinski definition) is 0. The van der Waals surface area contributed by atoms with Gasteiger partial charge in [-0.05, 0) is 29.1 Å². The largest absolute Gasteiger partial charge is 0.340 e. The van der Waals surface area contributed by atoms with Gasteiger partial charge in [0.1, 0.15) is 4.21 Å². The lowest BCUT2D eigenvalue weighted by Gasteiger charge is -2.21. The predicted octanol–water partition coefficient (Wildman–Crippen LogP) is 2.68. The first-order valence-corrected chi connectivity index (χ1v) is 9.48. The number of thiophene rings is 1. The Kier molecular flexibility index (Phi) is 5.80. The molecule has 2 rings (SSSR count). The molecule has 23 heavy (non-hydrogen) atoms. The topological polar surface area (TPSA) is 57.7 Å².